The number of nitrogens with zero attached hydrogens (tertiary/aromatic N) is 1. The Morgan fingerprint density at radius 2 is 1.66 bits per heavy atom. The number of hydrogen-bond donors (Lipinski definition) is 0. The van der Waals surface area contributed by atoms with Crippen LogP contribution in [-0.2, 0) is 38.1 Å². The van der Waals surface area contributed by atoms with Gasteiger partial charge in [-0.15, -0.1) is 0 Å². The minimum Gasteiger partial charge on any atom is -0.463 e. The Labute approximate surface area is 167 Å². The van der Waals surface area contributed by atoms with Crippen LogP contribution in [0.2, 0.25) is 0 Å². The summed E-state index contributed by atoms with van der Waals surface area (Å²) in [4.78, 5) is 46.5. The second-order valence-corrected chi connectivity index (χ2v) is 6.28. The lowest BCUT2D eigenvalue weighted by atomic mass is 10.1. The molecule has 10 heteroatoms. The number of ether oxygens (including phenoxy) is 5. The van der Waals surface area contributed by atoms with Crippen LogP contribution in [0.1, 0.15) is 44.3 Å². The van der Waals surface area contributed by atoms with Crippen molar-refractivity contribution in [2.75, 3.05) is 13.2 Å². The Kier molecular flexibility index (Phi) is 7.66. The van der Waals surface area contributed by atoms with Gasteiger partial charge >= 0.3 is 30.1 Å². The molecule has 0 N–H and O–H groups in total. The molecule has 1 aliphatic heterocycles. The van der Waals surface area contributed by atoms with Crippen LogP contribution in [0.15, 0.2) is 24.5 Å². The highest BCUT2D eigenvalue weighted by Gasteiger charge is 2.54. The van der Waals surface area contributed by atoms with Gasteiger partial charge in [-0.25, -0.2) is 4.79 Å². The van der Waals surface area contributed by atoms with Crippen LogP contribution in [0.4, 0.5) is 0 Å². The van der Waals surface area contributed by atoms with Crippen molar-refractivity contribution >= 4 is 23.9 Å². The molecule has 0 aromatic carbocycles. The third kappa shape index (κ3) is 5.98. The van der Waals surface area contributed by atoms with Crippen LogP contribution in [0.5, 0.6) is 0 Å². The van der Waals surface area contributed by atoms with Gasteiger partial charge in [-0.3, -0.25) is 14.4 Å². The number of hydrogen-bond acceptors (Lipinski definition) is 9. The highest BCUT2D eigenvalue weighted by Crippen LogP contribution is 2.31. The summed E-state index contributed by atoms with van der Waals surface area (Å²) in [6.07, 6.45) is -0.783. The quantitative estimate of drug-likeness (QED) is 0.359. The molecule has 0 bridgehead atoms. The fourth-order valence-corrected chi connectivity index (χ4v) is 2.92. The van der Waals surface area contributed by atoms with Gasteiger partial charge in [0.05, 0.1) is 6.61 Å². The summed E-state index contributed by atoms with van der Waals surface area (Å²) in [5, 5.41) is 0. The standard InChI is InChI=1S/C19H24NO9/c1-5-25-19(24)14-7-6-8-20(9-14)18-17(28-13(4)23)16(27-12(3)22)15(29-18)10-26-11(2)21/h6-9,15-18H,5,10H2,1-4H3/q+1/t15-,16-,17-,18+/m1/s1. The van der Waals surface area contributed by atoms with E-state index < -0.39 is 48.4 Å². The molecule has 2 rings (SSSR count). The van der Waals surface area contributed by atoms with Crippen molar-refractivity contribution < 1.29 is 47.4 Å². The predicted molar refractivity (Wildman–Crippen MR) is 94.2 cm³/mol. The number of carbonyl (C=O) groups is 4. The van der Waals surface area contributed by atoms with Crippen molar-refractivity contribution in [2.45, 2.75) is 52.2 Å². The van der Waals surface area contributed by atoms with Crippen LogP contribution >= 0.6 is 0 Å². The van der Waals surface area contributed by atoms with Crippen molar-refractivity contribution in [3.63, 3.8) is 0 Å². The Balaban J connectivity index is 2.37. The zero-order valence-corrected chi connectivity index (χ0v) is 16.7. The van der Waals surface area contributed by atoms with Crippen molar-refractivity contribution in [2.24, 2.45) is 0 Å². The largest absolute Gasteiger partial charge is 0.463 e. The van der Waals surface area contributed by atoms with Crippen molar-refractivity contribution in [3.8, 4) is 0 Å². The van der Waals surface area contributed by atoms with Crippen LogP contribution < -0.4 is 4.57 Å². The predicted octanol–water partition coefficient (Wildman–Crippen LogP) is 0.475. The first-order valence-corrected chi connectivity index (χ1v) is 9.04. The Bertz CT molecular complexity index is 779. The average molecular weight is 410 g/mol. The number of pyridine rings is 1. The van der Waals surface area contributed by atoms with Gasteiger partial charge in [-0.05, 0) is 13.0 Å². The zero-order valence-electron chi connectivity index (χ0n) is 16.7. The molecule has 0 aliphatic carbocycles. The van der Waals surface area contributed by atoms with Crippen LogP contribution in [0, 0.1) is 0 Å². The normalized spacial score (nSPS) is 23.2. The molecule has 1 aromatic heterocycles. The van der Waals surface area contributed by atoms with Crippen molar-refractivity contribution in [1.82, 2.24) is 0 Å². The van der Waals surface area contributed by atoms with E-state index in [1.54, 1.807) is 25.3 Å². The van der Waals surface area contributed by atoms with Crippen LogP contribution in [0.25, 0.3) is 0 Å². The Hall–Kier alpha value is -3.01. The van der Waals surface area contributed by atoms with Gasteiger partial charge in [-0.1, -0.05) is 0 Å². The van der Waals surface area contributed by atoms with Gasteiger partial charge in [0.15, 0.2) is 18.5 Å². The molecule has 158 valence electrons. The molecule has 0 amide bonds. The SMILES string of the molecule is CCOC(=O)c1ccc[n+]([C@H]2O[C@H](COC(C)=O)[C@@H](OC(C)=O)[C@H]2OC(C)=O)c1. The second kappa shape index (κ2) is 9.97. The van der Waals surface area contributed by atoms with Gasteiger partial charge in [0.1, 0.15) is 18.3 Å². The van der Waals surface area contributed by atoms with Gasteiger partial charge in [0.25, 0.3) is 0 Å². The molecule has 4 atom stereocenters. The van der Waals surface area contributed by atoms with Gasteiger partial charge in [0.2, 0.25) is 6.10 Å². The highest BCUT2D eigenvalue weighted by molar-refractivity contribution is 5.88. The van der Waals surface area contributed by atoms with E-state index in [4.69, 9.17) is 23.7 Å². The van der Waals surface area contributed by atoms with Gasteiger partial charge in [-0.2, -0.15) is 4.57 Å². The molecular formula is C19H24NO9+. The molecule has 0 unspecified atom stereocenters. The van der Waals surface area contributed by atoms with E-state index in [1.807, 2.05) is 0 Å². The first kappa shape index (κ1) is 22.3. The molecule has 1 aromatic rings. The zero-order chi connectivity index (χ0) is 21.6. The minimum absolute atomic E-state index is 0.209. The van der Waals surface area contributed by atoms with E-state index in [0.717, 1.165) is 0 Å². The van der Waals surface area contributed by atoms with Gasteiger partial charge < -0.3 is 23.7 Å². The fraction of sp³-hybridized carbons (Fsp3) is 0.526. The van der Waals surface area contributed by atoms with E-state index in [9.17, 15) is 19.2 Å². The molecular weight excluding hydrogens is 386 g/mol. The average Bonchev–Trinajstić information content (AvgIpc) is 2.96. The van der Waals surface area contributed by atoms with E-state index >= 15 is 0 Å². The summed E-state index contributed by atoms with van der Waals surface area (Å²) in [6, 6.07) is 3.16. The molecule has 2 heterocycles. The summed E-state index contributed by atoms with van der Waals surface area (Å²) >= 11 is 0. The topological polar surface area (TPSA) is 118 Å². The molecule has 1 saturated heterocycles. The monoisotopic (exact) mass is 410 g/mol. The van der Waals surface area contributed by atoms with E-state index in [0.29, 0.717) is 0 Å². The Morgan fingerprint density at radius 3 is 2.24 bits per heavy atom. The molecule has 10 nitrogen and oxygen atoms in total. The smallest absolute Gasteiger partial charge is 0.344 e. The Morgan fingerprint density at radius 1 is 1.00 bits per heavy atom. The maximum atomic E-state index is 12.0. The lowest BCUT2D eigenvalue weighted by Crippen LogP contribution is -2.48. The van der Waals surface area contributed by atoms with E-state index in [2.05, 4.69) is 0 Å². The summed E-state index contributed by atoms with van der Waals surface area (Å²) in [7, 11) is 0. The summed E-state index contributed by atoms with van der Waals surface area (Å²) in [6.45, 7) is 5.34. The summed E-state index contributed by atoms with van der Waals surface area (Å²) < 4.78 is 28.0. The molecule has 1 aliphatic rings. The molecule has 0 spiro atoms. The molecule has 1 fully saturated rings. The number of esters is 4. The maximum absolute atomic E-state index is 12.0. The number of aromatic nitrogens is 1. The number of rotatable bonds is 7. The number of carbonyl (C=O) groups excluding carboxylic acids is 4. The maximum Gasteiger partial charge on any atom is 0.344 e. The summed E-state index contributed by atoms with van der Waals surface area (Å²) in [5.41, 5.74) is 0.256. The van der Waals surface area contributed by atoms with E-state index in [1.165, 1.54) is 31.5 Å². The highest BCUT2D eigenvalue weighted by atomic mass is 16.7. The van der Waals surface area contributed by atoms with Gasteiger partial charge in [0, 0.05) is 26.8 Å². The van der Waals surface area contributed by atoms with Crippen LogP contribution in [0.3, 0.4) is 0 Å². The third-order valence-corrected chi connectivity index (χ3v) is 3.97. The molecule has 0 saturated carbocycles. The first-order chi connectivity index (χ1) is 13.7. The van der Waals surface area contributed by atoms with Crippen molar-refractivity contribution in [3.05, 3.63) is 30.1 Å². The lowest BCUT2D eigenvalue weighted by molar-refractivity contribution is -0.765. The minimum atomic E-state index is -1.03. The van der Waals surface area contributed by atoms with E-state index in [-0.39, 0.29) is 18.8 Å². The molecule has 29 heavy (non-hydrogen) atoms. The third-order valence-electron chi connectivity index (χ3n) is 3.97. The summed E-state index contributed by atoms with van der Waals surface area (Å²) in [5.74, 6) is -2.30. The second-order valence-electron chi connectivity index (χ2n) is 6.28. The van der Waals surface area contributed by atoms with Crippen LogP contribution in [-0.4, -0.2) is 55.4 Å². The fourth-order valence-electron chi connectivity index (χ4n) is 2.92. The lowest BCUT2D eigenvalue weighted by Gasteiger charge is -2.21. The first-order valence-electron chi connectivity index (χ1n) is 9.04. The van der Waals surface area contributed by atoms with Crippen molar-refractivity contribution in [1.29, 1.82) is 0 Å². The molecule has 0 radical (unpaired) electrons.